The van der Waals surface area contributed by atoms with Gasteiger partial charge in [0.1, 0.15) is 17.3 Å². The number of ether oxygens (including phenoxy) is 1. The van der Waals surface area contributed by atoms with Crippen LogP contribution < -0.4 is 4.74 Å². The van der Waals surface area contributed by atoms with Gasteiger partial charge < -0.3 is 14.7 Å². The van der Waals surface area contributed by atoms with E-state index in [0.717, 1.165) is 6.42 Å². The van der Waals surface area contributed by atoms with E-state index in [0.29, 0.717) is 6.42 Å². The molecule has 1 fully saturated rings. The topological polar surface area (TPSA) is 66.8 Å². The number of hydrogen-bond acceptors (Lipinski definition) is 4. The summed E-state index contributed by atoms with van der Waals surface area (Å²) >= 11 is 12.2. The molecule has 0 bridgehead atoms. The molecule has 0 saturated carbocycles. The summed E-state index contributed by atoms with van der Waals surface area (Å²) in [4.78, 5) is 27.0. The first-order valence-corrected chi connectivity index (χ1v) is 10.1. The third kappa shape index (κ3) is 3.89. The molecule has 0 aliphatic carbocycles. The molecule has 0 aromatic heterocycles. The predicted octanol–water partition coefficient (Wildman–Crippen LogP) is 5.36. The lowest BCUT2D eigenvalue weighted by Crippen LogP contribution is -2.31. The van der Waals surface area contributed by atoms with Crippen LogP contribution >= 0.6 is 23.2 Å². The van der Waals surface area contributed by atoms with Gasteiger partial charge in [0.25, 0.3) is 11.7 Å². The minimum Gasteiger partial charge on any atom is -0.507 e. The van der Waals surface area contributed by atoms with Crippen LogP contribution in [0.25, 0.3) is 5.76 Å². The average molecular weight is 452 g/mol. The van der Waals surface area contributed by atoms with Gasteiger partial charge in [0.05, 0.1) is 29.3 Å². The van der Waals surface area contributed by atoms with Gasteiger partial charge in [-0.3, -0.25) is 9.59 Å². The second kappa shape index (κ2) is 9.06. The van der Waals surface area contributed by atoms with Crippen molar-refractivity contribution in [2.75, 3.05) is 13.7 Å². The van der Waals surface area contributed by atoms with Crippen molar-refractivity contribution in [2.24, 2.45) is 0 Å². The fourth-order valence-electron chi connectivity index (χ4n) is 3.55. The molecular formula is C22H20Cl2FNO4. The molecule has 0 spiro atoms. The minimum absolute atomic E-state index is 0.0461. The Balaban J connectivity index is 2.28. The van der Waals surface area contributed by atoms with E-state index in [-0.39, 0.29) is 39.0 Å². The number of Topliss-reactive ketones (excluding diaryl/α,β-unsaturated/α-hetero) is 1. The summed E-state index contributed by atoms with van der Waals surface area (Å²) in [6, 6.07) is 7.56. The summed E-state index contributed by atoms with van der Waals surface area (Å²) in [7, 11) is 1.35. The molecular weight excluding hydrogens is 432 g/mol. The Labute approximate surface area is 183 Å². The fourth-order valence-corrected chi connectivity index (χ4v) is 4.12. The zero-order valence-electron chi connectivity index (χ0n) is 16.4. The smallest absolute Gasteiger partial charge is 0.295 e. The highest BCUT2D eigenvalue weighted by Crippen LogP contribution is 2.43. The number of ketones is 1. The summed E-state index contributed by atoms with van der Waals surface area (Å²) in [6.07, 6.45) is 1.38. The zero-order valence-corrected chi connectivity index (χ0v) is 17.9. The van der Waals surface area contributed by atoms with Crippen molar-refractivity contribution in [3.63, 3.8) is 0 Å². The maximum absolute atomic E-state index is 14.7. The molecule has 1 saturated heterocycles. The van der Waals surface area contributed by atoms with E-state index in [1.165, 1.54) is 42.3 Å². The van der Waals surface area contributed by atoms with E-state index in [9.17, 15) is 19.1 Å². The van der Waals surface area contributed by atoms with E-state index >= 15 is 0 Å². The van der Waals surface area contributed by atoms with Crippen LogP contribution in [0.15, 0.2) is 42.0 Å². The molecule has 30 heavy (non-hydrogen) atoms. The molecule has 1 N–H and O–H groups in total. The van der Waals surface area contributed by atoms with Gasteiger partial charge in [-0.1, -0.05) is 54.7 Å². The predicted molar refractivity (Wildman–Crippen MR) is 113 cm³/mol. The monoisotopic (exact) mass is 451 g/mol. The standard InChI is InChI=1S/C22H20Cl2FNO4/c1-3-4-9-26-18(13-7-5-6-8-16(13)25)17(20(28)22(26)29)19(27)14-10-12(23)11-15(24)21(14)30-2/h5-8,10-11,18,27H,3-4,9H2,1-2H3/b19-17+. The number of halogens is 3. The van der Waals surface area contributed by atoms with E-state index in [2.05, 4.69) is 0 Å². The fraction of sp³-hybridized carbons (Fsp3) is 0.273. The molecule has 1 amide bonds. The van der Waals surface area contributed by atoms with Gasteiger partial charge in [-0.05, 0) is 24.6 Å². The Kier molecular flexibility index (Phi) is 6.68. The second-order valence-electron chi connectivity index (χ2n) is 6.84. The number of nitrogens with zero attached hydrogens (tertiary/aromatic N) is 1. The molecule has 158 valence electrons. The Morgan fingerprint density at radius 1 is 1.23 bits per heavy atom. The first-order valence-electron chi connectivity index (χ1n) is 9.38. The van der Waals surface area contributed by atoms with Crippen molar-refractivity contribution < 1.29 is 23.8 Å². The summed E-state index contributed by atoms with van der Waals surface area (Å²) < 4.78 is 19.9. The first-order chi connectivity index (χ1) is 14.3. The van der Waals surface area contributed by atoms with Gasteiger partial charge in [-0.2, -0.15) is 0 Å². The number of hydrogen-bond donors (Lipinski definition) is 1. The third-order valence-electron chi connectivity index (χ3n) is 4.96. The van der Waals surface area contributed by atoms with Crippen molar-refractivity contribution in [2.45, 2.75) is 25.8 Å². The van der Waals surface area contributed by atoms with Crippen LogP contribution in [0.3, 0.4) is 0 Å². The number of methoxy groups -OCH3 is 1. The lowest BCUT2D eigenvalue weighted by Gasteiger charge is -2.25. The average Bonchev–Trinajstić information content (AvgIpc) is 2.96. The lowest BCUT2D eigenvalue weighted by atomic mass is 9.94. The number of aliphatic hydroxyl groups excluding tert-OH is 1. The SMILES string of the molecule is CCCCN1C(=O)C(=O)/C(=C(/O)c2cc(Cl)cc(Cl)c2OC)C1c1ccccc1F. The summed E-state index contributed by atoms with van der Waals surface area (Å²) in [5, 5.41) is 11.4. The van der Waals surface area contributed by atoms with Gasteiger partial charge in [0, 0.05) is 17.1 Å². The number of aliphatic hydroxyl groups is 1. The maximum atomic E-state index is 14.7. The second-order valence-corrected chi connectivity index (χ2v) is 7.68. The molecule has 1 atom stereocenters. The van der Waals surface area contributed by atoms with Crippen molar-refractivity contribution in [3.8, 4) is 5.75 Å². The molecule has 1 aliphatic rings. The largest absolute Gasteiger partial charge is 0.507 e. The molecule has 8 heteroatoms. The molecule has 1 unspecified atom stereocenters. The summed E-state index contributed by atoms with van der Waals surface area (Å²) in [6.45, 7) is 2.18. The van der Waals surface area contributed by atoms with Crippen LogP contribution in [-0.2, 0) is 9.59 Å². The zero-order chi connectivity index (χ0) is 22.0. The molecule has 3 rings (SSSR count). The van der Waals surface area contributed by atoms with Gasteiger partial charge in [0.2, 0.25) is 0 Å². The van der Waals surface area contributed by atoms with Crippen LogP contribution in [0.4, 0.5) is 4.39 Å². The summed E-state index contributed by atoms with van der Waals surface area (Å²) in [5.41, 5.74) is -0.0795. The van der Waals surface area contributed by atoms with E-state index in [1.54, 1.807) is 6.07 Å². The third-order valence-corrected chi connectivity index (χ3v) is 5.46. The first kappa shape index (κ1) is 22.1. The number of rotatable bonds is 6. The number of carbonyl (C=O) groups is 2. The number of benzene rings is 2. The van der Waals surface area contributed by atoms with Crippen molar-refractivity contribution in [1.29, 1.82) is 0 Å². The summed E-state index contributed by atoms with van der Waals surface area (Å²) in [5.74, 6) is -2.74. The van der Waals surface area contributed by atoms with E-state index < -0.39 is 29.3 Å². The van der Waals surface area contributed by atoms with E-state index in [1.807, 2.05) is 6.92 Å². The van der Waals surface area contributed by atoms with Gasteiger partial charge in [-0.25, -0.2) is 4.39 Å². The molecule has 1 heterocycles. The number of likely N-dealkylation sites (tertiary alicyclic amines) is 1. The highest BCUT2D eigenvalue weighted by atomic mass is 35.5. The van der Waals surface area contributed by atoms with Crippen LogP contribution in [0.1, 0.15) is 36.9 Å². The highest BCUT2D eigenvalue weighted by Gasteiger charge is 2.47. The Hall–Kier alpha value is -2.57. The van der Waals surface area contributed by atoms with Crippen molar-refractivity contribution in [1.82, 2.24) is 4.90 Å². The number of carbonyl (C=O) groups excluding carboxylic acids is 2. The molecule has 5 nitrogen and oxygen atoms in total. The minimum atomic E-state index is -1.08. The van der Waals surface area contributed by atoms with E-state index in [4.69, 9.17) is 27.9 Å². The van der Waals surface area contributed by atoms with Crippen LogP contribution in [0.2, 0.25) is 10.0 Å². The molecule has 0 radical (unpaired) electrons. The normalized spacial score (nSPS) is 18.2. The van der Waals surface area contributed by atoms with Crippen LogP contribution in [0.5, 0.6) is 5.75 Å². The lowest BCUT2D eigenvalue weighted by molar-refractivity contribution is -0.139. The van der Waals surface area contributed by atoms with Crippen LogP contribution in [0, 0.1) is 5.82 Å². The van der Waals surface area contributed by atoms with Gasteiger partial charge in [-0.15, -0.1) is 0 Å². The Bertz CT molecular complexity index is 1040. The number of unbranched alkanes of at least 4 members (excludes halogenated alkanes) is 1. The van der Waals surface area contributed by atoms with Gasteiger partial charge in [0.15, 0.2) is 0 Å². The molecule has 1 aliphatic heterocycles. The van der Waals surface area contributed by atoms with Crippen molar-refractivity contribution in [3.05, 3.63) is 69.0 Å². The van der Waals surface area contributed by atoms with Crippen molar-refractivity contribution >= 4 is 40.7 Å². The molecule has 2 aromatic carbocycles. The molecule has 2 aromatic rings. The van der Waals surface area contributed by atoms with Crippen LogP contribution in [-0.4, -0.2) is 35.4 Å². The van der Waals surface area contributed by atoms with Gasteiger partial charge >= 0.3 is 0 Å². The quantitative estimate of drug-likeness (QED) is 0.364. The highest BCUT2D eigenvalue weighted by molar-refractivity contribution is 6.46. The Morgan fingerprint density at radius 2 is 1.93 bits per heavy atom. The number of amides is 1. The Morgan fingerprint density at radius 3 is 2.57 bits per heavy atom. The maximum Gasteiger partial charge on any atom is 0.295 e.